The number of aliphatic hydroxyl groups is 1. The fourth-order valence-electron chi connectivity index (χ4n) is 9.39. The lowest BCUT2D eigenvalue weighted by atomic mass is 9.77. The first-order valence-electron chi connectivity index (χ1n) is 21.3. The number of Topliss-reactive ketones (excluding diaryl/α,β-unsaturated/α-hetero) is 1. The second kappa shape index (κ2) is 19.2. The third-order valence-corrected chi connectivity index (χ3v) is 12.6. The van der Waals surface area contributed by atoms with Crippen LogP contribution in [-0.2, 0) is 39.7 Å². The molecule has 4 N–H and O–H groups in total. The summed E-state index contributed by atoms with van der Waals surface area (Å²) in [6, 6.07) is 8.82. The highest BCUT2D eigenvalue weighted by Crippen LogP contribution is 2.38. The molecule has 3 saturated heterocycles. The molecule has 3 aliphatic rings. The van der Waals surface area contributed by atoms with Crippen LogP contribution in [0.1, 0.15) is 78.9 Å². The molecular weight excluding hydrogens is 769 g/mol. The molecule has 3 aliphatic heterocycles. The molecule has 13 atom stereocenters. The summed E-state index contributed by atoms with van der Waals surface area (Å²) in [5, 5.41) is 26.2. The van der Waals surface area contributed by atoms with E-state index in [1.165, 1.54) is 0 Å². The van der Waals surface area contributed by atoms with Gasteiger partial charge < -0.3 is 44.3 Å². The predicted molar refractivity (Wildman–Crippen MR) is 226 cm³/mol. The van der Waals surface area contributed by atoms with Gasteiger partial charge in [-0.3, -0.25) is 19.7 Å². The minimum absolute atomic E-state index is 0.00338. The van der Waals surface area contributed by atoms with Crippen molar-refractivity contribution < 1.29 is 43.2 Å². The number of carbonyl (C=O) groups is 3. The molecule has 6 rings (SSSR count). The molecule has 5 heterocycles. The largest absolute Gasteiger partial charge is 0.457 e. The third kappa shape index (κ3) is 10.1. The Labute approximate surface area is 353 Å². The second-order valence-electron chi connectivity index (χ2n) is 17.7. The summed E-state index contributed by atoms with van der Waals surface area (Å²) in [4.78, 5) is 49.1. The first-order chi connectivity index (χ1) is 28.5. The van der Waals surface area contributed by atoms with Crippen LogP contribution in [0, 0.1) is 17.8 Å². The normalized spacial score (nSPS) is 36.0. The van der Waals surface area contributed by atoms with Crippen molar-refractivity contribution in [2.45, 2.75) is 134 Å². The highest BCUT2D eigenvalue weighted by molar-refractivity contribution is 6.00. The van der Waals surface area contributed by atoms with Crippen LogP contribution in [0.2, 0.25) is 0 Å². The Morgan fingerprint density at radius 1 is 1.08 bits per heavy atom. The highest BCUT2D eigenvalue weighted by atomic mass is 16.7. The van der Waals surface area contributed by atoms with Gasteiger partial charge >= 0.3 is 12.1 Å². The minimum atomic E-state index is -1.29. The number of H-pyrrole nitrogens is 1. The molecule has 1 amide bonds. The quantitative estimate of drug-likeness (QED) is 0.161. The Balaban J connectivity index is 1.41. The lowest BCUT2D eigenvalue weighted by Gasteiger charge is -2.47. The Morgan fingerprint density at radius 3 is 2.57 bits per heavy atom. The molecule has 0 spiro atoms. The zero-order valence-corrected chi connectivity index (χ0v) is 36.4. The summed E-state index contributed by atoms with van der Waals surface area (Å²) < 4.78 is 32.3. The Kier molecular flexibility index (Phi) is 14.5. The summed E-state index contributed by atoms with van der Waals surface area (Å²) in [5.41, 5.74) is 0.00607. The van der Waals surface area contributed by atoms with E-state index in [4.69, 9.17) is 23.7 Å². The number of hydrogen-bond acceptors (Lipinski definition) is 13. The number of nitrogens with one attached hydrogen (secondary N) is 3. The highest BCUT2D eigenvalue weighted by Gasteiger charge is 2.56. The van der Waals surface area contributed by atoms with Crippen LogP contribution in [0.25, 0.3) is 17.0 Å². The van der Waals surface area contributed by atoms with Crippen molar-refractivity contribution in [2.75, 3.05) is 27.2 Å². The zero-order valence-electron chi connectivity index (χ0n) is 36.4. The molecule has 1 aromatic carbocycles. The smallest absolute Gasteiger partial charge is 0.408 e. The van der Waals surface area contributed by atoms with Crippen LogP contribution in [0.5, 0.6) is 0 Å². The molecule has 4 unspecified atom stereocenters. The van der Waals surface area contributed by atoms with Crippen LogP contribution >= 0.6 is 0 Å². The number of benzene rings is 1. The summed E-state index contributed by atoms with van der Waals surface area (Å²) in [6.07, 6.45) is 5.25. The number of rotatable bonds is 10. The standard InChI is InChI=1S/C45H64N6O9/c1-10-36-45(7)39(50-43(55)60-45)29(5)46-22-26(2)21-44(6,56-17-13-14-30-19-32-15-11-12-16-34(32)47-23-30)40(59-42-38(53)35(51(8)9)18-27(3)57-42)28(4)37(52)33(41(54)58-36)20-31-24-48-49-25-31/h11-16,19,23-29,33,35-36,38-40,42,46,53H,10,17-18,20-22H2,1-9H3,(H,48,49)(H,50,55)/b14-13+/t26-,27?,28+,29-,33-,35?,36-,38?,39-,40?,42+,44-,45-/m1/s1. The van der Waals surface area contributed by atoms with Gasteiger partial charge in [0.05, 0.1) is 42.2 Å². The van der Waals surface area contributed by atoms with E-state index in [2.05, 4.69) is 38.8 Å². The molecule has 3 aromatic rings. The number of fused-ring (bicyclic) bond motifs is 2. The van der Waals surface area contributed by atoms with Gasteiger partial charge in [0.1, 0.15) is 18.1 Å². The van der Waals surface area contributed by atoms with Crippen molar-refractivity contribution in [3.05, 3.63) is 66.1 Å². The number of hydrogen-bond donors (Lipinski definition) is 4. The van der Waals surface area contributed by atoms with E-state index < -0.39 is 71.5 Å². The van der Waals surface area contributed by atoms with Crippen LogP contribution in [0.3, 0.4) is 0 Å². The molecule has 2 aromatic heterocycles. The molecule has 0 aliphatic carbocycles. The van der Waals surface area contributed by atoms with E-state index in [9.17, 15) is 14.7 Å². The number of nitrogens with zero attached hydrogens (tertiary/aromatic N) is 3. The lowest BCUT2D eigenvalue weighted by Crippen LogP contribution is -2.60. The molecule has 60 heavy (non-hydrogen) atoms. The van der Waals surface area contributed by atoms with Gasteiger partial charge in [0.15, 0.2) is 17.7 Å². The van der Waals surface area contributed by atoms with Crippen molar-refractivity contribution >= 4 is 34.8 Å². The van der Waals surface area contributed by atoms with Gasteiger partial charge in [0.2, 0.25) is 0 Å². The van der Waals surface area contributed by atoms with Crippen LogP contribution in [0.15, 0.2) is 55.0 Å². The zero-order chi connectivity index (χ0) is 43.4. The van der Waals surface area contributed by atoms with Crippen LogP contribution < -0.4 is 10.6 Å². The Bertz CT molecular complexity index is 1960. The van der Waals surface area contributed by atoms with Gasteiger partial charge in [0.25, 0.3) is 0 Å². The number of carbonyl (C=O) groups excluding carboxylic acids is 3. The van der Waals surface area contributed by atoms with Crippen molar-refractivity contribution in [1.82, 2.24) is 30.7 Å². The number of ketones is 1. The van der Waals surface area contributed by atoms with Crippen molar-refractivity contribution in [2.24, 2.45) is 17.8 Å². The second-order valence-corrected chi connectivity index (χ2v) is 17.7. The average Bonchev–Trinajstić information content (AvgIpc) is 3.85. The average molecular weight is 833 g/mol. The number of alkyl carbamates (subject to hydrolysis) is 1. The number of pyridine rings is 1. The first kappa shape index (κ1) is 45.3. The van der Waals surface area contributed by atoms with Gasteiger partial charge in [-0.05, 0) is 103 Å². The van der Waals surface area contributed by atoms with Crippen LogP contribution in [-0.4, -0.2) is 130 Å². The molecule has 328 valence electrons. The monoisotopic (exact) mass is 832 g/mol. The minimum Gasteiger partial charge on any atom is -0.457 e. The molecule has 15 nitrogen and oxygen atoms in total. The topological polar surface area (TPSA) is 186 Å². The van der Waals surface area contributed by atoms with Crippen LogP contribution in [0.4, 0.5) is 4.79 Å². The summed E-state index contributed by atoms with van der Waals surface area (Å²) >= 11 is 0. The van der Waals surface area contributed by atoms with Crippen molar-refractivity contribution in [3.8, 4) is 0 Å². The van der Waals surface area contributed by atoms with Gasteiger partial charge in [-0.15, -0.1) is 0 Å². The number of para-hydroxylation sites is 1. The first-order valence-corrected chi connectivity index (χ1v) is 21.3. The number of likely N-dealkylation sites (N-methyl/N-ethyl adjacent to an activating group) is 1. The van der Waals surface area contributed by atoms with Gasteiger partial charge in [-0.2, -0.15) is 5.10 Å². The molecule has 0 bridgehead atoms. The molecule has 0 radical (unpaired) electrons. The predicted octanol–water partition coefficient (Wildman–Crippen LogP) is 4.83. The lowest BCUT2D eigenvalue weighted by molar-refractivity contribution is -0.296. The third-order valence-electron chi connectivity index (χ3n) is 12.6. The number of aromatic nitrogens is 3. The summed E-state index contributed by atoms with van der Waals surface area (Å²) in [5.74, 6) is -3.53. The van der Waals surface area contributed by atoms with E-state index in [-0.39, 0.29) is 37.1 Å². The van der Waals surface area contributed by atoms with E-state index in [1.54, 1.807) is 26.2 Å². The fourth-order valence-corrected chi connectivity index (χ4v) is 9.39. The maximum Gasteiger partial charge on any atom is 0.408 e. The van der Waals surface area contributed by atoms with E-state index in [1.807, 2.05) is 89.3 Å². The number of ether oxygens (including phenoxy) is 5. The molecule has 15 heteroatoms. The SMILES string of the molecule is CC[C@H]1OC(=O)[C@H](Cc2cn[nH]c2)C(=O)[C@H](C)C(O[C@@H]2OC(C)CC(N(C)C)C2O)[C@](C)(OC/C=C/c2cnc3ccccc3c2)C[C@@H](C)CN[C@H](C)[C@H]2NC(=O)O[C@@]21C. The van der Waals surface area contributed by atoms with Gasteiger partial charge in [-0.25, -0.2) is 4.79 Å². The Morgan fingerprint density at radius 2 is 1.85 bits per heavy atom. The molecule has 0 saturated carbocycles. The van der Waals surface area contributed by atoms with Crippen molar-refractivity contribution in [3.63, 3.8) is 0 Å². The number of esters is 1. The van der Waals surface area contributed by atoms with Gasteiger partial charge in [0, 0.05) is 35.8 Å². The number of aliphatic hydroxyl groups excluding tert-OH is 1. The van der Waals surface area contributed by atoms with E-state index in [0.29, 0.717) is 31.4 Å². The van der Waals surface area contributed by atoms with E-state index in [0.717, 1.165) is 16.5 Å². The Hall–Kier alpha value is -4.25. The number of aromatic amines is 1. The molecular formula is C45H64N6O9. The maximum atomic E-state index is 15.2. The van der Waals surface area contributed by atoms with Crippen molar-refractivity contribution in [1.29, 1.82) is 0 Å². The number of cyclic esters (lactones) is 1. The van der Waals surface area contributed by atoms with Gasteiger partial charge in [-0.1, -0.05) is 51.1 Å². The fraction of sp³-hybridized carbons (Fsp3) is 0.622. The molecule has 3 fully saturated rings. The van der Waals surface area contributed by atoms with E-state index >= 15 is 4.79 Å². The summed E-state index contributed by atoms with van der Waals surface area (Å²) in [6.45, 7) is 13.9. The summed E-state index contributed by atoms with van der Waals surface area (Å²) in [7, 11) is 3.81. The number of amides is 1. The maximum absolute atomic E-state index is 15.2.